The Labute approximate surface area is 114 Å². The maximum atomic E-state index is 12.0. The highest BCUT2D eigenvalue weighted by Crippen LogP contribution is 2.25. The minimum atomic E-state index is -0.889. The number of hydrogen-bond acceptors (Lipinski definition) is 2. The second kappa shape index (κ2) is 6.78. The van der Waals surface area contributed by atoms with Crippen LogP contribution in [0.1, 0.15) is 51.4 Å². The fourth-order valence-corrected chi connectivity index (χ4v) is 3.23. The minimum Gasteiger partial charge on any atom is -0.480 e. The summed E-state index contributed by atoms with van der Waals surface area (Å²) in [6.45, 7) is 1.23. The van der Waals surface area contributed by atoms with Gasteiger partial charge in [-0.25, -0.2) is 9.59 Å². The molecule has 1 aliphatic carbocycles. The van der Waals surface area contributed by atoms with Crippen LogP contribution in [0.4, 0.5) is 4.79 Å². The van der Waals surface area contributed by atoms with Gasteiger partial charge < -0.3 is 15.3 Å². The average Bonchev–Trinajstić information content (AvgIpc) is 2.89. The van der Waals surface area contributed by atoms with E-state index in [4.69, 9.17) is 5.11 Å². The van der Waals surface area contributed by atoms with Gasteiger partial charge in [-0.15, -0.1) is 0 Å². The van der Waals surface area contributed by atoms with Crippen LogP contribution >= 0.6 is 0 Å². The van der Waals surface area contributed by atoms with E-state index in [0.29, 0.717) is 19.5 Å². The quantitative estimate of drug-likeness (QED) is 0.821. The molecule has 19 heavy (non-hydrogen) atoms. The lowest BCUT2D eigenvalue weighted by molar-refractivity contribution is -0.141. The van der Waals surface area contributed by atoms with Crippen molar-refractivity contribution in [3.8, 4) is 0 Å². The van der Waals surface area contributed by atoms with E-state index in [2.05, 4.69) is 5.32 Å². The van der Waals surface area contributed by atoms with Gasteiger partial charge in [0.1, 0.15) is 6.04 Å². The van der Waals surface area contributed by atoms with E-state index in [1.165, 1.54) is 37.0 Å². The number of hydrogen-bond donors (Lipinski definition) is 2. The third-order valence-corrected chi connectivity index (χ3v) is 4.35. The van der Waals surface area contributed by atoms with E-state index >= 15 is 0 Å². The second-order valence-electron chi connectivity index (χ2n) is 5.71. The number of aliphatic carboxylic acids is 1. The maximum Gasteiger partial charge on any atom is 0.326 e. The molecule has 2 aliphatic rings. The van der Waals surface area contributed by atoms with Gasteiger partial charge in [-0.05, 0) is 25.2 Å². The Bertz CT molecular complexity index is 327. The summed E-state index contributed by atoms with van der Waals surface area (Å²) >= 11 is 0. The number of urea groups is 1. The molecule has 2 rings (SSSR count). The molecule has 0 spiro atoms. The fraction of sp³-hybridized carbons (Fsp3) is 0.857. The number of likely N-dealkylation sites (tertiary alicyclic amines) is 1. The topological polar surface area (TPSA) is 69.6 Å². The van der Waals surface area contributed by atoms with Gasteiger partial charge in [0, 0.05) is 13.1 Å². The summed E-state index contributed by atoms with van der Waals surface area (Å²) in [5.41, 5.74) is 0. The summed E-state index contributed by atoms with van der Waals surface area (Å²) in [5.74, 6) is -0.150. The molecule has 1 saturated heterocycles. The van der Waals surface area contributed by atoms with Crippen LogP contribution in [0.25, 0.3) is 0 Å². The molecule has 108 valence electrons. The zero-order valence-corrected chi connectivity index (χ0v) is 11.4. The van der Waals surface area contributed by atoms with E-state index in [1.54, 1.807) is 0 Å². The van der Waals surface area contributed by atoms with Crippen LogP contribution in [0.5, 0.6) is 0 Å². The van der Waals surface area contributed by atoms with Crippen LogP contribution in [0, 0.1) is 5.92 Å². The van der Waals surface area contributed by atoms with Gasteiger partial charge in [0.25, 0.3) is 0 Å². The third-order valence-electron chi connectivity index (χ3n) is 4.35. The van der Waals surface area contributed by atoms with Gasteiger partial charge in [-0.3, -0.25) is 0 Å². The smallest absolute Gasteiger partial charge is 0.326 e. The summed E-state index contributed by atoms with van der Waals surface area (Å²) in [6, 6.07) is -0.838. The lowest BCUT2D eigenvalue weighted by atomic mass is 9.87. The molecule has 2 N–H and O–H groups in total. The number of nitrogens with one attached hydrogen (secondary N) is 1. The van der Waals surface area contributed by atoms with Crippen molar-refractivity contribution >= 4 is 12.0 Å². The third kappa shape index (κ3) is 3.85. The van der Waals surface area contributed by atoms with Gasteiger partial charge in [0.2, 0.25) is 0 Å². The summed E-state index contributed by atoms with van der Waals surface area (Å²) in [6.07, 6.45) is 8.90. The highest BCUT2D eigenvalue weighted by atomic mass is 16.4. The number of carbonyl (C=O) groups excluding carboxylic acids is 1. The molecule has 0 aromatic heterocycles. The summed E-state index contributed by atoms with van der Waals surface area (Å²) < 4.78 is 0. The Morgan fingerprint density at radius 1 is 1.11 bits per heavy atom. The van der Waals surface area contributed by atoms with Crippen LogP contribution in [-0.2, 0) is 4.79 Å². The van der Waals surface area contributed by atoms with Crippen LogP contribution in [0.3, 0.4) is 0 Å². The first-order chi connectivity index (χ1) is 9.18. The first-order valence-corrected chi connectivity index (χ1v) is 7.46. The largest absolute Gasteiger partial charge is 0.480 e. The van der Waals surface area contributed by atoms with Gasteiger partial charge >= 0.3 is 12.0 Å². The molecule has 0 radical (unpaired) electrons. The Hall–Kier alpha value is -1.26. The van der Waals surface area contributed by atoms with Crippen LogP contribution in [-0.4, -0.2) is 41.1 Å². The normalized spacial score (nSPS) is 24.4. The molecule has 0 aromatic rings. The maximum absolute atomic E-state index is 12.0. The average molecular weight is 268 g/mol. The van der Waals surface area contributed by atoms with E-state index in [1.807, 2.05) is 0 Å². The highest BCUT2D eigenvalue weighted by molar-refractivity contribution is 5.83. The Kier molecular flexibility index (Phi) is 5.05. The number of amides is 2. The molecule has 1 atom stereocenters. The van der Waals surface area contributed by atoms with E-state index < -0.39 is 12.0 Å². The SMILES string of the molecule is O=C(O)C1CCCN1C(=O)NCCC1CCCCC1. The van der Waals surface area contributed by atoms with Crippen molar-refractivity contribution in [2.24, 2.45) is 5.92 Å². The van der Waals surface area contributed by atoms with Crippen LogP contribution < -0.4 is 5.32 Å². The minimum absolute atomic E-state index is 0.208. The van der Waals surface area contributed by atoms with E-state index in [0.717, 1.165) is 18.8 Å². The molecule has 0 bridgehead atoms. The number of carbonyl (C=O) groups is 2. The summed E-state index contributed by atoms with van der Waals surface area (Å²) in [7, 11) is 0. The number of rotatable bonds is 4. The molecule has 1 unspecified atom stereocenters. The molecule has 0 aromatic carbocycles. The molecule has 2 fully saturated rings. The zero-order valence-electron chi connectivity index (χ0n) is 11.4. The van der Waals surface area contributed by atoms with Crippen molar-refractivity contribution in [1.29, 1.82) is 0 Å². The molecule has 1 saturated carbocycles. The molecule has 5 heteroatoms. The highest BCUT2D eigenvalue weighted by Gasteiger charge is 2.33. The van der Waals surface area contributed by atoms with Crippen molar-refractivity contribution in [1.82, 2.24) is 10.2 Å². The van der Waals surface area contributed by atoms with Crippen molar-refractivity contribution < 1.29 is 14.7 Å². The fourth-order valence-electron chi connectivity index (χ4n) is 3.23. The number of nitrogens with zero attached hydrogens (tertiary/aromatic N) is 1. The van der Waals surface area contributed by atoms with E-state index in [-0.39, 0.29) is 6.03 Å². The molecule has 1 heterocycles. The molecule has 5 nitrogen and oxygen atoms in total. The van der Waals surface area contributed by atoms with Gasteiger partial charge in [-0.2, -0.15) is 0 Å². The van der Waals surface area contributed by atoms with Gasteiger partial charge in [0.05, 0.1) is 0 Å². The first-order valence-electron chi connectivity index (χ1n) is 7.46. The number of carboxylic acids is 1. The molecule has 1 aliphatic heterocycles. The molecule has 2 amide bonds. The van der Waals surface area contributed by atoms with Crippen molar-refractivity contribution in [2.45, 2.75) is 57.4 Å². The lowest BCUT2D eigenvalue weighted by Crippen LogP contribution is -2.46. The Balaban J connectivity index is 1.70. The number of carboxylic acid groups (broad SMARTS) is 1. The van der Waals surface area contributed by atoms with Crippen LogP contribution in [0.2, 0.25) is 0 Å². The predicted octanol–water partition coefficient (Wildman–Crippen LogP) is 2.22. The summed E-state index contributed by atoms with van der Waals surface area (Å²) in [4.78, 5) is 24.4. The molecular weight excluding hydrogens is 244 g/mol. The monoisotopic (exact) mass is 268 g/mol. The Morgan fingerprint density at radius 3 is 2.53 bits per heavy atom. The second-order valence-corrected chi connectivity index (χ2v) is 5.71. The lowest BCUT2D eigenvalue weighted by Gasteiger charge is -2.24. The Morgan fingerprint density at radius 2 is 1.84 bits per heavy atom. The van der Waals surface area contributed by atoms with Crippen molar-refractivity contribution in [2.75, 3.05) is 13.1 Å². The molecular formula is C14H24N2O3. The van der Waals surface area contributed by atoms with E-state index in [9.17, 15) is 9.59 Å². The standard InChI is InChI=1S/C14H24N2O3/c17-13(18)12-7-4-10-16(12)14(19)15-9-8-11-5-2-1-3-6-11/h11-12H,1-10H2,(H,15,19)(H,17,18). The van der Waals surface area contributed by atoms with Gasteiger partial charge in [0.15, 0.2) is 0 Å². The zero-order chi connectivity index (χ0) is 13.7. The van der Waals surface area contributed by atoms with Crippen LogP contribution in [0.15, 0.2) is 0 Å². The van der Waals surface area contributed by atoms with Crippen molar-refractivity contribution in [3.63, 3.8) is 0 Å². The van der Waals surface area contributed by atoms with Gasteiger partial charge in [-0.1, -0.05) is 32.1 Å². The van der Waals surface area contributed by atoms with Crippen molar-refractivity contribution in [3.05, 3.63) is 0 Å². The summed E-state index contributed by atoms with van der Waals surface area (Å²) in [5, 5.41) is 11.9. The first kappa shape index (κ1) is 14.2. The predicted molar refractivity (Wildman–Crippen MR) is 72.0 cm³/mol.